The molecule has 0 spiro atoms. The molecule has 2 atom stereocenters. The molecule has 0 saturated heterocycles. The Balaban J connectivity index is 3.47. The molecule has 0 saturated carbocycles. The molecule has 0 aromatic carbocycles. The van der Waals surface area contributed by atoms with Gasteiger partial charge in [0.05, 0.1) is 25.4 Å². The summed E-state index contributed by atoms with van der Waals surface area (Å²) in [5.74, 6) is -0.106. The second-order valence-corrected chi connectivity index (χ2v) is 23.9. The Morgan fingerprint density at radius 3 is 0.987 bits per heavy atom. The summed E-state index contributed by atoms with van der Waals surface area (Å²) in [5.41, 5.74) is 0. The molecule has 0 radical (unpaired) electrons. The largest absolute Gasteiger partial charge is 0.465 e. The van der Waals surface area contributed by atoms with Gasteiger partial charge in [-0.05, 0) is 77.0 Å². The molecule has 3 N–H and O–H groups in total. The van der Waals surface area contributed by atoms with Crippen molar-refractivity contribution in [1.29, 1.82) is 0 Å². The van der Waals surface area contributed by atoms with Crippen molar-refractivity contribution < 1.29 is 24.5 Å². The minimum absolute atomic E-state index is 0.0359. The predicted molar refractivity (Wildman–Crippen MR) is 342 cm³/mol. The molecule has 6 nitrogen and oxygen atoms in total. The fraction of sp³-hybridized carbons (Fsp3) is 0.861. The van der Waals surface area contributed by atoms with Gasteiger partial charge in [-0.3, -0.25) is 9.59 Å². The fourth-order valence-corrected chi connectivity index (χ4v) is 10.8. The van der Waals surface area contributed by atoms with Gasteiger partial charge in [-0.2, -0.15) is 0 Å². The normalized spacial score (nSPS) is 12.8. The summed E-state index contributed by atoms with van der Waals surface area (Å²) in [5, 5.41) is 23.2. The summed E-state index contributed by atoms with van der Waals surface area (Å²) in [6, 6.07) is -0.634. The van der Waals surface area contributed by atoms with Gasteiger partial charge >= 0.3 is 5.97 Å². The number of carbonyl (C=O) groups excluding carboxylic acids is 2. The van der Waals surface area contributed by atoms with Crippen LogP contribution in [0.5, 0.6) is 0 Å². The van der Waals surface area contributed by atoms with E-state index in [1.807, 2.05) is 6.08 Å². The first-order chi connectivity index (χ1) is 38.5. The van der Waals surface area contributed by atoms with E-state index in [9.17, 15) is 19.8 Å². The van der Waals surface area contributed by atoms with Crippen LogP contribution in [0.25, 0.3) is 0 Å². The zero-order valence-electron chi connectivity index (χ0n) is 52.4. The lowest BCUT2D eigenvalue weighted by Gasteiger charge is -2.20. The highest BCUT2D eigenvalue weighted by Crippen LogP contribution is 2.18. The van der Waals surface area contributed by atoms with Gasteiger partial charge in [-0.25, -0.2) is 0 Å². The van der Waals surface area contributed by atoms with E-state index in [1.54, 1.807) is 6.08 Å². The number of unbranched alkanes of at least 4 members (excludes halogenated alkanes) is 48. The smallest absolute Gasteiger partial charge is 0.305 e. The summed E-state index contributed by atoms with van der Waals surface area (Å²) < 4.78 is 5.44. The van der Waals surface area contributed by atoms with Crippen molar-refractivity contribution in [3.05, 3.63) is 48.6 Å². The average Bonchev–Trinajstić information content (AvgIpc) is 3.44. The SMILES string of the molecule is CCCCCCCC/C=C\CCCCCCCCCCCC(=O)OCC/C=C\C/C=C\CCCCCCCCCCCCCCCCC(=O)NC(CO)C(O)/C=C/CCCCCCCCCCCCCCCCCCCCC. The van der Waals surface area contributed by atoms with Crippen molar-refractivity contribution in [3.63, 3.8) is 0 Å². The molecule has 0 aromatic heterocycles. The van der Waals surface area contributed by atoms with Gasteiger partial charge in [-0.1, -0.05) is 332 Å². The number of aliphatic hydroxyl groups excluding tert-OH is 2. The number of esters is 1. The first kappa shape index (κ1) is 75.8. The Kier molecular flexibility index (Phi) is 65.4. The summed E-state index contributed by atoms with van der Waals surface area (Å²) in [6.07, 6.45) is 87.6. The molecule has 458 valence electrons. The summed E-state index contributed by atoms with van der Waals surface area (Å²) in [4.78, 5) is 24.6. The molecular formula is C72H135NO5. The summed E-state index contributed by atoms with van der Waals surface area (Å²) in [7, 11) is 0. The number of hydrogen-bond acceptors (Lipinski definition) is 5. The Hall–Kier alpha value is -2.18. The standard InChI is InChI=1S/C72H135NO5/c1-3-5-7-9-11-13-15-17-19-21-23-25-29-32-36-40-44-48-52-56-60-64-70(75)69(68-74)73-71(76)65-61-57-53-49-45-41-37-33-30-26-24-27-31-35-39-43-47-51-55-59-63-67-78-72(77)66-62-58-54-50-46-42-38-34-28-22-20-18-16-14-12-10-8-6-4-2/h18,20,43,47,55,59-60,64,69-70,74-75H,3-17,19,21-42,44-46,48-54,56-58,61-63,65-68H2,1-2H3,(H,73,76)/b20-18-,47-43-,59-55-,64-60+. The molecule has 2 unspecified atom stereocenters. The zero-order chi connectivity index (χ0) is 56.4. The molecule has 0 aromatic rings. The molecule has 78 heavy (non-hydrogen) atoms. The van der Waals surface area contributed by atoms with Crippen LogP contribution in [0.2, 0.25) is 0 Å². The monoisotopic (exact) mass is 1090 g/mol. The second kappa shape index (κ2) is 67.3. The number of allylic oxidation sites excluding steroid dienone is 6. The average molecular weight is 1090 g/mol. The maximum absolute atomic E-state index is 12.5. The Labute approximate surface area is 486 Å². The molecule has 6 heteroatoms. The maximum atomic E-state index is 12.5. The summed E-state index contributed by atoms with van der Waals surface area (Å²) in [6.45, 7) is 4.82. The van der Waals surface area contributed by atoms with Crippen LogP contribution in [-0.2, 0) is 14.3 Å². The van der Waals surface area contributed by atoms with E-state index in [0.29, 0.717) is 19.4 Å². The van der Waals surface area contributed by atoms with Crippen LogP contribution in [0.3, 0.4) is 0 Å². The molecule has 0 bridgehead atoms. The summed E-state index contributed by atoms with van der Waals surface area (Å²) >= 11 is 0. The van der Waals surface area contributed by atoms with E-state index in [1.165, 1.54) is 295 Å². The number of ether oxygens (including phenoxy) is 1. The van der Waals surface area contributed by atoms with Crippen LogP contribution in [-0.4, -0.2) is 47.4 Å². The van der Waals surface area contributed by atoms with E-state index in [-0.39, 0.29) is 18.5 Å². The van der Waals surface area contributed by atoms with Crippen molar-refractivity contribution in [2.24, 2.45) is 0 Å². The number of aliphatic hydroxyl groups is 2. The van der Waals surface area contributed by atoms with Gasteiger partial charge in [0.25, 0.3) is 0 Å². The first-order valence-electron chi connectivity index (χ1n) is 34.9. The van der Waals surface area contributed by atoms with Crippen LogP contribution in [0.1, 0.15) is 373 Å². The maximum Gasteiger partial charge on any atom is 0.305 e. The third-order valence-corrected chi connectivity index (χ3v) is 16.1. The lowest BCUT2D eigenvalue weighted by Crippen LogP contribution is -2.45. The van der Waals surface area contributed by atoms with Crippen LogP contribution < -0.4 is 5.32 Å². The molecule has 0 fully saturated rings. The van der Waals surface area contributed by atoms with Crippen molar-refractivity contribution >= 4 is 11.9 Å². The molecular weight excluding hydrogens is 959 g/mol. The predicted octanol–water partition coefficient (Wildman–Crippen LogP) is 22.5. The lowest BCUT2D eigenvalue weighted by molar-refractivity contribution is -0.143. The van der Waals surface area contributed by atoms with E-state index in [4.69, 9.17) is 4.74 Å². The van der Waals surface area contributed by atoms with Crippen LogP contribution >= 0.6 is 0 Å². The number of hydrogen-bond donors (Lipinski definition) is 3. The molecule has 0 heterocycles. The highest BCUT2D eigenvalue weighted by Gasteiger charge is 2.18. The van der Waals surface area contributed by atoms with E-state index < -0.39 is 12.1 Å². The van der Waals surface area contributed by atoms with Crippen molar-refractivity contribution in [2.75, 3.05) is 13.2 Å². The van der Waals surface area contributed by atoms with Crippen LogP contribution in [0, 0.1) is 0 Å². The van der Waals surface area contributed by atoms with Crippen LogP contribution in [0.15, 0.2) is 48.6 Å². The number of amides is 1. The second-order valence-electron chi connectivity index (χ2n) is 23.9. The lowest BCUT2D eigenvalue weighted by atomic mass is 10.0. The molecule has 0 aliphatic rings. The van der Waals surface area contributed by atoms with Crippen molar-refractivity contribution in [1.82, 2.24) is 5.32 Å². The van der Waals surface area contributed by atoms with Crippen molar-refractivity contribution in [2.45, 2.75) is 386 Å². The number of nitrogens with one attached hydrogen (secondary N) is 1. The minimum atomic E-state index is -0.850. The number of carbonyl (C=O) groups is 2. The van der Waals surface area contributed by atoms with E-state index >= 15 is 0 Å². The highest BCUT2D eigenvalue weighted by molar-refractivity contribution is 5.76. The Morgan fingerprint density at radius 2 is 0.641 bits per heavy atom. The van der Waals surface area contributed by atoms with Crippen LogP contribution in [0.4, 0.5) is 0 Å². The zero-order valence-corrected chi connectivity index (χ0v) is 52.4. The molecule has 0 aliphatic carbocycles. The van der Waals surface area contributed by atoms with Crippen molar-refractivity contribution in [3.8, 4) is 0 Å². The van der Waals surface area contributed by atoms with Gasteiger partial charge in [0, 0.05) is 12.8 Å². The van der Waals surface area contributed by atoms with E-state index in [0.717, 1.165) is 51.4 Å². The van der Waals surface area contributed by atoms with Gasteiger partial charge in [0.1, 0.15) is 0 Å². The van der Waals surface area contributed by atoms with Gasteiger partial charge < -0.3 is 20.3 Å². The molecule has 0 aliphatic heterocycles. The fourth-order valence-electron chi connectivity index (χ4n) is 10.8. The minimum Gasteiger partial charge on any atom is -0.465 e. The van der Waals surface area contributed by atoms with E-state index in [2.05, 4.69) is 55.6 Å². The molecule has 1 amide bonds. The highest BCUT2D eigenvalue weighted by atomic mass is 16.5. The third kappa shape index (κ3) is 63.0. The van der Waals surface area contributed by atoms with Gasteiger partial charge in [-0.15, -0.1) is 0 Å². The molecule has 0 rings (SSSR count). The first-order valence-corrected chi connectivity index (χ1v) is 34.9. The third-order valence-electron chi connectivity index (χ3n) is 16.1. The Morgan fingerprint density at radius 1 is 0.359 bits per heavy atom. The van der Waals surface area contributed by atoms with Gasteiger partial charge in [0.2, 0.25) is 5.91 Å². The number of rotatable bonds is 65. The topological polar surface area (TPSA) is 95.9 Å². The Bertz CT molecular complexity index is 1310. The quantitative estimate of drug-likeness (QED) is 0.0320. The van der Waals surface area contributed by atoms with Gasteiger partial charge in [0.15, 0.2) is 0 Å².